The van der Waals surface area contributed by atoms with E-state index >= 15 is 0 Å². The largest absolute Gasteiger partial charge is 0.454 e. The third kappa shape index (κ3) is 3.66. The van der Waals surface area contributed by atoms with E-state index in [2.05, 4.69) is 15.6 Å². The second kappa shape index (κ2) is 6.98. The molecule has 1 unspecified atom stereocenters. The Hall–Kier alpha value is -2.80. The van der Waals surface area contributed by atoms with Crippen LogP contribution >= 0.6 is 0 Å². The zero-order valence-electron chi connectivity index (χ0n) is 13.7. The van der Waals surface area contributed by atoms with Gasteiger partial charge in [-0.25, -0.2) is 0 Å². The minimum atomic E-state index is -0.230. The highest BCUT2D eigenvalue weighted by Gasteiger charge is 2.16. The third-order valence-corrected chi connectivity index (χ3v) is 4.19. The van der Waals surface area contributed by atoms with Gasteiger partial charge in [-0.05, 0) is 31.0 Å². The van der Waals surface area contributed by atoms with Gasteiger partial charge < -0.3 is 24.8 Å². The van der Waals surface area contributed by atoms with Crippen LogP contribution in [0.15, 0.2) is 36.7 Å². The minimum absolute atomic E-state index is 0.203. The van der Waals surface area contributed by atoms with E-state index < -0.39 is 0 Å². The van der Waals surface area contributed by atoms with Crippen LogP contribution in [0.3, 0.4) is 0 Å². The highest BCUT2D eigenvalue weighted by atomic mass is 16.7. The highest BCUT2D eigenvalue weighted by Crippen LogP contribution is 2.34. The number of aromatic nitrogens is 1. The maximum Gasteiger partial charge on any atom is 0.257 e. The van der Waals surface area contributed by atoms with Crippen molar-refractivity contribution in [2.24, 2.45) is 0 Å². The average molecular weight is 341 g/mol. The Morgan fingerprint density at radius 2 is 2.08 bits per heavy atom. The molecule has 0 saturated carbocycles. The summed E-state index contributed by atoms with van der Waals surface area (Å²) in [5.74, 6) is 1.08. The molecule has 7 heteroatoms. The molecule has 0 spiro atoms. The molecule has 0 radical (unpaired) electrons. The number of ether oxygens (including phenoxy) is 3. The lowest BCUT2D eigenvalue weighted by molar-refractivity contribution is 0.102. The van der Waals surface area contributed by atoms with Crippen LogP contribution in [0.25, 0.3) is 0 Å². The first-order valence-electron chi connectivity index (χ1n) is 8.29. The molecule has 25 heavy (non-hydrogen) atoms. The molecule has 1 saturated heterocycles. The number of anilines is 2. The first kappa shape index (κ1) is 15.7. The zero-order valence-corrected chi connectivity index (χ0v) is 13.7. The predicted molar refractivity (Wildman–Crippen MR) is 92.2 cm³/mol. The lowest BCUT2D eigenvalue weighted by atomic mass is 10.2. The number of hydrogen-bond donors (Lipinski definition) is 2. The quantitative estimate of drug-likeness (QED) is 0.870. The lowest BCUT2D eigenvalue weighted by Gasteiger charge is -2.12. The van der Waals surface area contributed by atoms with E-state index in [9.17, 15) is 4.79 Å². The Kier molecular flexibility index (Phi) is 4.39. The van der Waals surface area contributed by atoms with E-state index in [0.717, 1.165) is 31.7 Å². The van der Waals surface area contributed by atoms with Crippen molar-refractivity contribution in [1.29, 1.82) is 0 Å². The average Bonchev–Trinajstić information content (AvgIpc) is 3.31. The maximum absolute atomic E-state index is 12.5. The standard InChI is InChI=1S/C18H19N3O4/c22-18(21-13-3-4-16-17(7-13)25-11-24-16)12-6-14(9-19-8-12)20-10-15-2-1-5-23-15/h3-4,6-9,15,20H,1-2,5,10-11H2,(H,21,22). The molecule has 2 N–H and O–H groups in total. The second-order valence-electron chi connectivity index (χ2n) is 6.00. The van der Waals surface area contributed by atoms with Crippen LogP contribution in [0.4, 0.5) is 11.4 Å². The molecule has 3 heterocycles. The van der Waals surface area contributed by atoms with Crippen LogP contribution in [-0.2, 0) is 4.74 Å². The van der Waals surface area contributed by atoms with Crippen molar-refractivity contribution in [2.75, 3.05) is 30.6 Å². The summed E-state index contributed by atoms with van der Waals surface area (Å²) in [6, 6.07) is 7.08. The first-order valence-corrected chi connectivity index (χ1v) is 8.29. The molecule has 2 aliphatic heterocycles. The molecule has 2 aromatic rings. The number of nitrogens with zero attached hydrogens (tertiary/aromatic N) is 1. The molecule has 0 aliphatic carbocycles. The van der Waals surface area contributed by atoms with Gasteiger partial charge in [-0.2, -0.15) is 0 Å². The summed E-state index contributed by atoms with van der Waals surface area (Å²) in [6.07, 6.45) is 5.63. The molecular weight excluding hydrogens is 322 g/mol. The lowest BCUT2D eigenvalue weighted by Crippen LogP contribution is -2.19. The van der Waals surface area contributed by atoms with Crippen molar-refractivity contribution in [3.8, 4) is 11.5 Å². The molecule has 0 bridgehead atoms. The molecular formula is C18H19N3O4. The van der Waals surface area contributed by atoms with Crippen molar-refractivity contribution in [2.45, 2.75) is 18.9 Å². The van der Waals surface area contributed by atoms with E-state index in [1.807, 2.05) is 0 Å². The summed E-state index contributed by atoms with van der Waals surface area (Å²) >= 11 is 0. The van der Waals surface area contributed by atoms with Gasteiger partial charge in [-0.15, -0.1) is 0 Å². The van der Waals surface area contributed by atoms with Gasteiger partial charge in [-0.3, -0.25) is 9.78 Å². The van der Waals surface area contributed by atoms with Crippen LogP contribution in [0, 0.1) is 0 Å². The van der Waals surface area contributed by atoms with Crippen LogP contribution in [0.1, 0.15) is 23.2 Å². The summed E-state index contributed by atoms with van der Waals surface area (Å²) in [6.45, 7) is 1.74. The molecule has 4 rings (SSSR count). The molecule has 130 valence electrons. The SMILES string of the molecule is O=C(Nc1ccc2c(c1)OCO2)c1cncc(NCC2CCCO2)c1. The number of rotatable bonds is 5. The maximum atomic E-state index is 12.5. The fourth-order valence-corrected chi connectivity index (χ4v) is 2.88. The number of nitrogens with one attached hydrogen (secondary N) is 2. The van der Waals surface area contributed by atoms with Gasteiger partial charge in [-0.1, -0.05) is 0 Å². The van der Waals surface area contributed by atoms with Crippen molar-refractivity contribution >= 4 is 17.3 Å². The third-order valence-electron chi connectivity index (χ3n) is 4.19. The number of fused-ring (bicyclic) bond motifs is 1. The van der Waals surface area contributed by atoms with Crippen molar-refractivity contribution in [3.63, 3.8) is 0 Å². The van der Waals surface area contributed by atoms with Crippen LogP contribution in [0.2, 0.25) is 0 Å². The van der Waals surface area contributed by atoms with Gasteiger partial charge in [0, 0.05) is 37.3 Å². The first-order chi connectivity index (χ1) is 12.3. The van der Waals surface area contributed by atoms with Crippen LogP contribution < -0.4 is 20.1 Å². The Bertz CT molecular complexity index is 775. The highest BCUT2D eigenvalue weighted by molar-refractivity contribution is 6.04. The fourth-order valence-electron chi connectivity index (χ4n) is 2.88. The fraction of sp³-hybridized carbons (Fsp3) is 0.333. The number of carbonyl (C=O) groups is 1. The Labute approximate surface area is 145 Å². The van der Waals surface area contributed by atoms with E-state index in [1.54, 1.807) is 36.7 Å². The Morgan fingerprint density at radius 3 is 2.96 bits per heavy atom. The number of hydrogen-bond acceptors (Lipinski definition) is 6. The minimum Gasteiger partial charge on any atom is -0.454 e. The summed E-state index contributed by atoms with van der Waals surface area (Å²) in [4.78, 5) is 16.6. The number of amides is 1. The molecule has 1 atom stereocenters. The summed E-state index contributed by atoms with van der Waals surface area (Å²) in [5, 5.41) is 6.12. The van der Waals surface area contributed by atoms with Gasteiger partial charge in [0.05, 0.1) is 17.4 Å². The zero-order chi connectivity index (χ0) is 17.1. The smallest absolute Gasteiger partial charge is 0.257 e. The molecule has 7 nitrogen and oxygen atoms in total. The molecule has 1 fully saturated rings. The van der Waals surface area contributed by atoms with Crippen LogP contribution in [-0.4, -0.2) is 36.9 Å². The molecule has 2 aliphatic rings. The Morgan fingerprint density at radius 1 is 1.16 bits per heavy atom. The second-order valence-corrected chi connectivity index (χ2v) is 6.00. The van der Waals surface area contributed by atoms with Crippen LogP contribution in [0.5, 0.6) is 11.5 Å². The Balaban J connectivity index is 1.40. The molecule has 1 amide bonds. The number of pyridine rings is 1. The molecule has 1 aromatic heterocycles. The van der Waals surface area contributed by atoms with E-state index in [-0.39, 0.29) is 18.8 Å². The van der Waals surface area contributed by atoms with Gasteiger partial charge in [0.25, 0.3) is 5.91 Å². The number of carbonyl (C=O) groups excluding carboxylic acids is 1. The summed E-state index contributed by atoms with van der Waals surface area (Å²) in [7, 11) is 0. The van der Waals surface area contributed by atoms with Gasteiger partial charge in [0.15, 0.2) is 11.5 Å². The van der Waals surface area contributed by atoms with E-state index in [1.165, 1.54) is 0 Å². The number of benzene rings is 1. The van der Waals surface area contributed by atoms with Gasteiger partial charge in [0.1, 0.15) is 0 Å². The van der Waals surface area contributed by atoms with Crippen molar-refractivity contribution in [3.05, 3.63) is 42.2 Å². The topological polar surface area (TPSA) is 81.7 Å². The summed E-state index contributed by atoms with van der Waals surface area (Å²) in [5.41, 5.74) is 1.93. The van der Waals surface area contributed by atoms with E-state index in [0.29, 0.717) is 22.7 Å². The normalized spacial score (nSPS) is 18.2. The van der Waals surface area contributed by atoms with Crippen molar-refractivity contribution < 1.29 is 19.0 Å². The van der Waals surface area contributed by atoms with Crippen molar-refractivity contribution in [1.82, 2.24) is 4.98 Å². The monoisotopic (exact) mass is 341 g/mol. The van der Waals surface area contributed by atoms with Gasteiger partial charge in [0.2, 0.25) is 6.79 Å². The predicted octanol–water partition coefficient (Wildman–Crippen LogP) is 2.65. The summed E-state index contributed by atoms with van der Waals surface area (Å²) < 4.78 is 16.2. The van der Waals surface area contributed by atoms with E-state index in [4.69, 9.17) is 14.2 Å². The molecule has 1 aromatic carbocycles. The van der Waals surface area contributed by atoms with Gasteiger partial charge >= 0.3 is 0 Å².